The highest BCUT2D eigenvalue weighted by Gasteiger charge is 1.93. The second-order valence-corrected chi connectivity index (χ2v) is 2.78. The third kappa shape index (κ3) is 8.23. The van der Waals surface area contributed by atoms with Crippen molar-refractivity contribution in [1.82, 2.24) is 0 Å². The molecule has 0 heterocycles. The predicted molar refractivity (Wildman–Crippen MR) is 78.9 cm³/mol. The summed E-state index contributed by atoms with van der Waals surface area (Å²) >= 11 is 0. The fraction of sp³-hybridized carbons (Fsp3) is 0.600. The number of hydrogen-bond donors (Lipinski definition) is 0. The van der Waals surface area contributed by atoms with Gasteiger partial charge in [-0.25, -0.2) is 0 Å². The largest absolute Gasteiger partial charge is 0.0776 e. The smallest absolute Gasteiger partial charge is 0.0305 e. The lowest BCUT2D eigenvalue weighted by atomic mass is 10.0. The van der Waals surface area contributed by atoms with Gasteiger partial charge in [-0.1, -0.05) is 67.8 Å². The van der Waals surface area contributed by atoms with Gasteiger partial charge in [0.2, 0.25) is 0 Å². The lowest BCUT2D eigenvalue weighted by molar-refractivity contribution is 1.10. The van der Waals surface area contributed by atoms with Gasteiger partial charge in [0.25, 0.3) is 0 Å². The maximum atomic E-state index is 2.23. The molecular formula is C15H34. The van der Waals surface area contributed by atoms with Gasteiger partial charge in [-0.2, -0.15) is 0 Å². The fourth-order valence-corrected chi connectivity index (χ4v) is 1.24. The van der Waals surface area contributed by atoms with Gasteiger partial charge in [0, 0.05) is 0 Å². The Balaban J connectivity index is -0.0000000667. The molecule has 0 atom stereocenters. The van der Waals surface area contributed by atoms with Crippen LogP contribution in [0.15, 0.2) is 18.2 Å². The third-order valence-electron chi connectivity index (χ3n) is 1.88. The van der Waals surface area contributed by atoms with Gasteiger partial charge >= 0.3 is 0 Å². The average molecular weight is 214 g/mol. The molecular weight excluding hydrogens is 180 g/mol. The van der Waals surface area contributed by atoms with E-state index in [9.17, 15) is 0 Å². The average Bonchev–Trinajstić information content (AvgIpc) is 1.88. The third-order valence-corrected chi connectivity index (χ3v) is 1.88. The molecule has 1 rings (SSSR count). The lowest BCUT2D eigenvalue weighted by Gasteiger charge is -2.02. The first kappa shape index (κ1) is 29.2. The van der Waals surface area contributed by atoms with Crippen LogP contribution in [0.1, 0.15) is 60.7 Å². The van der Waals surface area contributed by atoms with Crippen molar-refractivity contribution >= 4 is 0 Å². The van der Waals surface area contributed by atoms with E-state index < -0.39 is 0 Å². The summed E-state index contributed by atoms with van der Waals surface area (Å²) in [7, 11) is 0. The topological polar surface area (TPSA) is 0 Å². The van der Waals surface area contributed by atoms with Crippen LogP contribution in [0.2, 0.25) is 0 Å². The summed E-state index contributed by atoms with van der Waals surface area (Å²) in [5.41, 5.74) is 4.24. The molecule has 0 spiro atoms. The summed E-state index contributed by atoms with van der Waals surface area (Å²) in [6, 6.07) is 6.62. The van der Waals surface area contributed by atoms with Crippen molar-refractivity contribution in [3.8, 4) is 0 Å². The molecule has 0 unspecified atom stereocenters. The monoisotopic (exact) mass is 214 g/mol. The van der Waals surface area contributed by atoms with Gasteiger partial charge in [-0.05, 0) is 31.4 Å². The minimum atomic E-state index is 0. The number of aryl methyl sites for hydroxylation is 3. The molecule has 0 aliphatic rings. The van der Waals surface area contributed by atoms with Gasteiger partial charge in [0.15, 0.2) is 0 Å². The summed E-state index contributed by atoms with van der Waals surface area (Å²) < 4.78 is 0. The molecule has 0 radical (unpaired) electrons. The lowest BCUT2D eigenvalue weighted by Crippen LogP contribution is -1.85. The normalized spacial score (nSPS) is 6.60. The van der Waals surface area contributed by atoms with Crippen LogP contribution in [0.3, 0.4) is 0 Å². The van der Waals surface area contributed by atoms with Crippen molar-refractivity contribution in [3.63, 3.8) is 0 Å². The highest BCUT2D eigenvalue weighted by Crippen LogP contribution is 2.10. The first-order chi connectivity index (χ1) is 4.74. The summed E-state index contributed by atoms with van der Waals surface area (Å²) in [6.45, 7) is 6.50. The van der Waals surface area contributed by atoms with Crippen LogP contribution in [0.5, 0.6) is 0 Å². The first-order valence-electron chi connectivity index (χ1n) is 3.80. The van der Waals surface area contributed by atoms with E-state index >= 15 is 0 Å². The molecule has 0 aliphatic carbocycles. The quantitative estimate of drug-likeness (QED) is 0.534. The molecule has 0 heteroatoms. The van der Waals surface area contributed by atoms with Crippen LogP contribution in [0, 0.1) is 13.8 Å². The minimum absolute atomic E-state index is 0. The molecule has 0 saturated heterocycles. The molecule has 0 aromatic heterocycles. The molecule has 0 amide bonds. The van der Waals surface area contributed by atoms with Crippen LogP contribution in [-0.4, -0.2) is 0 Å². The van der Waals surface area contributed by atoms with Crippen LogP contribution in [0.4, 0.5) is 0 Å². The van der Waals surface area contributed by atoms with Crippen molar-refractivity contribution in [1.29, 1.82) is 0 Å². The van der Waals surface area contributed by atoms with Gasteiger partial charge in [0.1, 0.15) is 0 Å². The Morgan fingerprint density at radius 1 is 0.867 bits per heavy atom. The highest BCUT2D eigenvalue weighted by molar-refractivity contribution is 5.30. The molecule has 0 aliphatic heterocycles. The van der Waals surface area contributed by atoms with E-state index in [2.05, 4.69) is 39.0 Å². The zero-order valence-corrected chi connectivity index (χ0v) is 6.94. The van der Waals surface area contributed by atoms with E-state index in [0.29, 0.717) is 0 Å². The Kier molecular flexibility index (Phi) is 25.8. The predicted octanol–water partition coefficient (Wildman–Crippen LogP) is 6.05. The van der Waals surface area contributed by atoms with Crippen molar-refractivity contribution in [3.05, 3.63) is 34.9 Å². The van der Waals surface area contributed by atoms with Crippen molar-refractivity contribution in [2.75, 3.05) is 0 Å². The SMILES string of the molecule is C.C.C.C.C.CCc1ccc(C)cc1C. The van der Waals surface area contributed by atoms with E-state index in [4.69, 9.17) is 0 Å². The number of rotatable bonds is 1. The van der Waals surface area contributed by atoms with Crippen LogP contribution in [0.25, 0.3) is 0 Å². The fourth-order valence-electron chi connectivity index (χ4n) is 1.24. The van der Waals surface area contributed by atoms with Crippen molar-refractivity contribution < 1.29 is 0 Å². The Labute approximate surface area is 99.7 Å². The molecule has 0 saturated carbocycles. The molecule has 1 aromatic rings. The molecule has 94 valence electrons. The molecule has 0 N–H and O–H groups in total. The highest BCUT2D eigenvalue weighted by atomic mass is 14.0. The Morgan fingerprint density at radius 3 is 1.67 bits per heavy atom. The van der Waals surface area contributed by atoms with Crippen LogP contribution in [-0.2, 0) is 6.42 Å². The zero-order valence-electron chi connectivity index (χ0n) is 6.94. The maximum absolute atomic E-state index is 2.23. The molecule has 0 nitrogen and oxygen atoms in total. The van der Waals surface area contributed by atoms with Crippen molar-refractivity contribution in [2.45, 2.75) is 64.3 Å². The zero-order chi connectivity index (χ0) is 7.56. The van der Waals surface area contributed by atoms with Crippen LogP contribution < -0.4 is 0 Å². The van der Waals surface area contributed by atoms with Crippen LogP contribution >= 0.6 is 0 Å². The molecule has 1 aromatic carbocycles. The van der Waals surface area contributed by atoms with E-state index in [1.165, 1.54) is 16.7 Å². The first-order valence-corrected chi connectivity index (χ1v) is 3.80. The van der Waals surface area contributed by atoms with E-state index in [0.717, 1.165) is 6.42 Å². The standard InChI is InChI=1S/C10H14.5CH4/c1-4-10-6-5-8(2)7-9(10)3;;;;;/h5-7H,4H2,1-3H3;5*1H4. The van der Waals surface area contributed by atoms with E-state index in [1.807, 2.05) is 0 Å². The minimum Gasteiger partial charge on any atom is -0.0776 e. The van der Waals surface area contributed by atoms with E-state index in [-0.39, 0.29) is 37.1 Å². The van der Waals surface area contributed by atoms with Crippen molar-refractivity contribution in [2.24, 2.45) is 0 Å². The Hall–Kier alpha value is -0.780. The Morgan fingerprint density at radius 2 is 1.33 bits per heavy atom. The number of benzene rings is 1. The molecule has 0 bridgehead atoms. The van der Waals surface area contributed by atoms with Gasteiger partial charge in [0.05, 0.1) is 0 Å². The Bertz CT molecular complexity index is 223. The maximum Gasteiger partial charge on any atom is -0.0305 e. The van der Waals surface area contributed by atoms with Gasteiger partial charge in [-0.3, -0.25) is 0 Å². The summed E-state index contributed by atoms with van der Waals surface area (Å²) in [4.78, 5) is 0. The summed E-state index contributed by atoms with van der Waals surface area (Å²) in [5.74, 6) is 0. The summed E-state index contributed by atoms with van der Waals surface area (Å²) in [6.07, 6.45) is 1.14. The van der Waals surface area contributed by atoms with Gasteiger partial charge in [-0.15, -0.1) is 0 Å². The molecule has 0 fully saturated rings. The summed E-state index contributed by atoms with van der Waals surface area (Å²) in [5, 5.41) is 0. The molecule has 15 heavy (non-hydrogen) atoms. The van der Waals surface area contributed by atoms with E-state index in [1.54, 1.807) is 0 Å². The van der Waals surface area contributed by atoms with Gasteiger partial charge < -0.3 is 0 Å². The number of hydrogen-bond acceptors (Lipinski definition) is 0. The second-order valence-electron chi connectivity index (χ2n) is 2.78. The second kappa shape index (κ2) is 13.2.